The maximum Gasteiger partial charge on any atom is 0.262 e. The predicted octanol–water partition coefficient (Wildman–Crippen LogP) is 2.20. The zero-order valence-electron chi connectivity index (χ0n) is 12.5. The topological polar surface area (TPSA) is 64.0 Å². The molecule has 0 saturated carbocycles. The highest BCUT2D eigenvalue weighted by molar-refractivity contribution is 7.99. The second-order valence-corrected chi connectivity index (χ2v) is 5.70. The maximum atomic E-state index is 12.5. The molecule has 0 atom stereocenters. The van der Waals surface area contributed by atoms with E-state index in [1.54, 1.807) is 22.8 Å². The molecule has 0 aliphatic heterocycles. The third-order valence-corrected chi connectivity index (χ3v) is 4.02. The van der Waals surface area contributed by atoms with Crippen molar-refractivity contribution >= 4 is 28.6 Å². The van der Waals surface area contributed by atoms with Crippen molar-refractivity contribution in [3.63, 3.8) is 0 Å². The van der Waals surface area contributed by atoms with Gasteiger partial charge in [-0.3, -0.25) is 14.2 Å². The molecule has 0 unspecified atom stereocenters. The summed E-state index contributed by atoms with van der Waals surface area (Å²) in [5.41, 5.74) is 0.534. The van der Waals surface area contributed by atoms with Gasteiger partial charge in [0.05, 0.1) is 16.7 Å². The Hall–Kier alpha value is -2.08. The highest BCUT2D eigenvalue weighted by atomic mass is 32.2. The number of rotatable bonds is 7. The molecular formula is C16H19N3O2S. The minimum absolute atomic E-state index is 0.0561. The number of nitrogens with zero attached hydrogens (tertiary/aromatic N) is 2. The van der Waals surface area contributed by atoms with Crippen LogP contribution < -0.4 is 10.9 Å². The number of benzene rings is 1. The molecule has 6 heteroatoms. The fourth-order valence-corrected chi connectivity index (χ4v) is 2.83. The number of allylic oxidation sites excluding steroid dienone is 1. The minimum atomic E-state index is -0.109. The first-order valence-electron chi connectivity index (χ1n) is 7.17. The molecule has 0 aliphatic carbocycles. The van der Waals surface area contributed by atoms with Crippen LogP contribution in [-0.2, 0) is 11.3 Å². The van der Waals surface area contributed by atoms with E-state index in [-0.39, 0.29) is 17.2 Å². The molecule has 0 fully saturated rings. The van der Waals surface area contributed by atoms with Crippen molar-refractivity contribution < 1.29 is 4.79 Å². The highest BCUT2D eigenvalue weighted by Crippen LogP contribution is 2.17. The van der Waals surface area contributed by atoms with E-state index in [0.29, 0.717) is 29.1 Å². The maximum absolute atomic E-state index is 12.5. The Morgan fingerprint density at radius 3 is 2.95 bits per heavy atom. The summed E-state index contributed by atoms with van der Waals surface area (Å²) in [4.78, 5) is 28.7. The third kappa shape index (κ3) is 3.76. The number of nitrogens with one attached hydrogen (secondary N) is 1. The summed E-state index contributed by atoms with van der Waals surface area (Å²) in [6.07, 6.45) is 2.55. The van der Waals surface area contributed by atoms with Crippen molar-refractivity contribution in [1.82, 2.24) is 14.9 Å². The van der Waals surface area contributed by atoms with Gasteiger partial charge in [-0.15, -0.1) is 6.58 Å². The second-order valence-electron chi connectivity index (χ2n) is 4.75. The Balaban J connectivity index is 2.31. The molecule has 2 aromatic rings. The average Bonchev–Trinajstić information content (AvgIpc) is 2.54. The lowest BCUT2D eigenvalue weighted by atomic mass is 10.2. The molecule has 22 heavy (non-hydrogen) atoms. The Kier molecular flexibility index (Phi) is 5.77. The molecular weight excluding hydrogens is 298 g/mol. The van der Waals surface area contributed by atoms with Crippen LogP contribution in [0.4, 0.5) is 0 Å². The van der Waals surface area contributed by atoms with E-state index < -0.39 is 0 Å². The number of carbonyl (C=O) groups excluding carboxylic acids is 1. The zero-order valence-corrected chi connectivity index (χ0v) is 13.4. The number of fused-ring (bicyclic) bond motifs is 1. The number of carbonyl (C=O) groups is 1. The van der Waals surface area contributed by atoms with Crippen molar-refractivity contribution in [3.05, 3.63) is 47.3 Å². The molecule has 0 bridgehead atoms. The van der Waals surface area contributed by atoms with E-state index in [0.717, 1.165) is 6.42 Å². The van der Waals surface area contributed by atoms with Gasteiger partial charge < -0.3 is 5.32 Å². The van der Waals surface area contributed by atoms with Crippen LogP contribution in [0.15, 0.2) is 46.9 Å². The van der Waals surface area contributed by atoms with E-state index in [1.807, 2.05) is 19.1 Å². The number of aromatic nitrogens is 2. The zero-order chi connectivity index (χ0) is 15.9. The van der Waals surface area contributed by atoms with Crippen molar-refractivity contribution in [2.24, 2.45) is 0 Å². The lowest BCUT2D eigenvalue weighted by Gasteiger charge is -2.11. The minimum Gasteiger partial charge on any atom is -0.355 e. The predicted molar refractivity (Wildman–Crippen MR) is 90.2 cm³/mol. The first-order chi connectivity index (χ1) is 10.7. The second kappa shape index (κ2) is 7.79. The van der Waals surface area contributed by atoms with E-state index >= 15 is 0 Å². The quantitative estimate of drug-likeness (QED) is 0.483. The summed E-state index contributed by atoms with van der Waals surface area (Å²) >= 11 is 1.27. The first-order valence-corrected chi connectivity index (χ1v) is 8.16. The smallest absolute Gasteiger partial charge is 0.262 e. The van der Waals surface area contributed by atoms with Crippen LogP contribution in [-0.4, -0.2) is 27.8 Å². The van der Waals surface area contributed by atoms with Crippen LogP contribution in [0.5, 0.6) is 0 Å². The van der Waals surface area contributed by atoms with Gasteiger partial charge in [-0.05, 0) is 18.6 Å². The molecule has 1 amide bonds. The van der Waals surface area contributed by atoms with Gasteiger partial charge in [0.2, 0.25) is 5.91 Å². The molecule has 0 spiro atoms. The van der Waals surface area contributed by atoms with Crippen molar-refractivity contribution in [2.45, 2.75) is 25.0 Å². The van der Waals surface area contributed by atoms with Crippen LogP contribution in [0.25, 0.3) is 10.9 Å². The molecule has 0 saturated heterocycles. The summed E-state index contributed by atoms with van der Waals surface area (Å²) in [5, 5.41) is 3.92. The van der Waals surface area contributed by atoms with Gasteiger partial charge in [-0.2, -0.15) is 0 Å². The van der Waals surface area contributed by atoms with Crippen LogP contribution in [0.3, 0.4) is 0 Å². The summed E-state index contributed by atoms with van der Waals surface area (Å²) in [7, 11) is 0. The fourth-order valence-electron chi connectivity index (χ4n) is 1.99. The lowest BCUT2D eigenvalue weighted by Crippen LogP contribution is -2.27. The lowest BCUT2D eigenvalue weighted by molar-refractivity contribution is -0.118. The van der Waals surface area contributed by atoms with Crippen molar-refractivity contribution in [1.29, 1.82) is 0 Å². The van der Waals surface area contributed by atoms with Gasteiger partial charge >= 0.3 is 0 Å². The summed E-state index contributed by atoms with van der Waals surface area (Å²) in [5.74, 6) is 0.182. The standard InChI is InChI=1S/C16H19N3O2S/c1-3-9-17-14(20)11-22-16-18-13-8-6-5-7-12(13)15(21)19(16)10-4-2/h4-8H,2-3,9-11H2,1H3,(H,17,20). The van der Waals surface area contributed by atoms with E-state index in [2.05, 4.69) is 16.9 Å². The number of thioether (sulfide) groups is 1. The molecule has 2 rings (SSSR count). The SMILES string of the molecule is C=CCn1c(SCC(=O)NCCC)nc2ccccc2c1=O. The summed E-state index contributed by atoms with van der Waals surface area (Å²) in [6, 6.07) is 7.21. The monoisotopic (exact) mass is 317 g/mol. The Morgan fingerprint density at radius 2 is 2.23 bits per heavy atom. The Bertz CT molecular complexity index is 740. The van der Waals surface area contributed by atoms with Crippen molar-refractivity contribution in [2.75, 3.05) is 12.3 Å². The summed E-state index contributed by atoms with van der Waals surface area (Å²) < 4.78 is 1.55. The molecule has 0 aliphatic rings. The molecule has 0 radical (unpaired) electrons. The molecule has 1 N–H and O–H groups in total. The normalized spacial score (nSPS) is 10.6. The van der Waals surface area contributed by atoms with E-state index in [4.69, 9.17) is 0 Å². The van der Waals surface area contributed by atoms with Crippen molar-refractivity contribution in [3.8, 4) is 0 Å². The highest BCUT2D eigenvalue weighted by Gasteiger charge is 2.12. The van der Waals surface area contributed by atoms with Gasteiger partial charge in [-0.1, -0.05) is 36.9 Å². The Labute approximate surface area is 133 Å². The van der Waals surface area contributed by atoms with Crippen LogP contribution in [0, 0.1) is 0 Å². The van der Waals surface area contributed by atoms with Crippen LogP contribution >= 0.6 is 11.8 Å². The number of hydrogen-bond donors (Lipinski definition) is 1. The van der Waals surface area contributed by atoms with E-state index in [9.17, 15) is 9.59 Å². The largest absolute Gasteiger partial charge is 0.355 e. The van der Waals surface area contributed by atoms with Gasteiger partial charge in [0.1, 0.15) is 0 Å². The number of amides is 1. The van der Waals surface area contributed by atoms with Gasteiger partial charge in [-0.25, -0.2) is 4.98 Å². The molecule has 1 aromatic carbocycles. The Morgan fingerprint density at radius 1 is 1.45 bits per heavy atom. The van der Waals surface area contributed by atoms with Gasteiger partial charge in [0.15, 0.2) is 5.16 Å². The van der Waals surface area contributed by atoms with Crippen LogP contribution in [0.1, 0.15) is 13.3 Å². The number of hydrogen-bond acceptors (Lipinski definition) is 4. The van der Waals surface area contributed by atoms with Gasteiger partial charge in [0, 0.05) is 13.1 Å². The molecule has 1 aromatic heterocycles. The van der Waals surface area contributed by atoms with Gasteiger partial charge in [0.25, 0.3) is 5.56 Å². The summed E-state index contributed by atoms with van der Waals surface area (Å²) in [6.45, 7) is 6.71. The number of para-hydroxylation sites is 1. The fraction of sp³-hybridized carbons (Fsp3) is 0.312. The molecule has 116 valence electrons. The first kappa shape index (κ1) is 16.3. The molecule has 1 heterocycles. The molecule has 5 nitrogen and oxygen atoms in total. The third-order valence-electron chi connectivity index (χ3n) is 3.04. The van der Waals surface area contributed by atoms with Crippen LogP contribution in [0.2, 0.25) is 0 Å². The average molecular weight is 317 g/mol. The van der Waals surface area contributed by atoms with E-state index in [1.165, 1.54) is 11.8 Å².